The Bertz CT molecular complexity index is 1310. The first-order chi connectivity index (χ1) is 18.2. The molecule has 0 spiro atoms. The molecule has 38 heavy (non-hydrogen) atoms. The molecule has 0 unspecified atom stereocenters. The van der Waals surface area contributed by atoms with Crippen LogP contribution in [0.25, 0.3) is 22.3 Å². The zero-order chi connectivity index (χ0) is 27.1. The summed E-state index contributed by atoms with van der Waals surface area (Å²) >= 11 is 0. The third kappa shape index (κ3) is 4.75. The van der Waals surface area contributed by atoms with Crippen LogP contribution in [0, 0.1) is 0 Å². The van der Waals surface area contributed by atoms with Crippen molar-refractivity contribution in [1.82, 2.24) is 14.8 Å². The number of nitrogens with zero attached hydrogens (tertiary/aromatic N) is 3. The van der Waals surface area contributed by atoms with Crippen LogP contribution in [0.1, 0.15) is 62.6 Å². The Balaban J connectivity index is 1.55. The summed E-state index contributed by atoms with van der Waals surface area (Å²) in [6.07, 6.45) is 8.71. The van der Waals surface area contributed by atoms with Gasteiger partial charge in [0.15, 0.2) is 0 Å². The fraction of sp³-hybridized carbons (Fsp3) is 0.600. The Morgan fingerprint density at radius 2 is 1.92 bits per heavy atom. The second-order valence-electron chi connectivity index (χ2n) is 12.4. The van der Waals surface area contributed by atoms with Crippen molar-refractivity contribution >= 4 is 30.6 Å². The lowest BCUT2D eigenvalue weighted by Crippen LogP contribution is -2.41. The zero-order valence-electron chi connectivity index (χ0n) is 23.8. The fourth-order valence-electron chi connectivity index (χ4n) is 6.54. The van der Waals surface area contributed by atoms with Gasteiger partial charge in [-0.25, -0.2) is 4.68 Å². The van der Waals surface area contributed by atoms with Gasteiger partial charge in [-0.2, -0.15) is 5.10 Å². The third-order valence-corrected chi connectivity index (χ3v) is 10.0. The van der Waals surface area contributed by atoms with Gasteiger partial charge < -0.3 is 19.7 Å². The van der Waals surface area contributed by atoms with Crippen molar-refractivity contribution in [2.75, 3.05) is 24.7 Å². The first-order valence-electron chi connectivity index (χ1n) is 14.5. The molecule has 3 aromatic rings. The minimum atomic E-state index is -1.12. The molecular weight excluding hydrogens is 492 g/mol. The molecule has 2 aromatic heterocycles. The summed E-state index contributed by atoms with van der Waals surface area (Å²) in [6.45, 7) is 13.0. The number of aliphatic hydroxyl groups excluding tert-OH is 1. The summed E-state index contributed by atoms with van der Waals surface area (Å²) in [7, 11) is -1.12. The highest BCUT2D eigenvalue weighted by Crippen LogP contribution is 2.50. The third-order valence-electron chi connectivity index (χ3n) is 8.33. The Labute approximate surface area is 227 Å². The molecule has 0 bridgehead atoms. The quantitative estimate of drug-likeness (QED) is 0.232. The number of rotatable bonds is 11. The number of aromatic nitrogens is 3. The average Bonchev–Trinajstić information content (AvgIpc) is 3.45. The van der Waals surface area contributed by atoms with E-state index in [1.54, 1.807) is 0 Å². The van der Waals surface area contributed by atoms with E-state index < -0.39 is 13.5 Å². The van der Waals surface area contributed by atoms with Crippen molar-refractivity contribution in [2.45, 2.75) is 96.6 Å². The molecule has 1 aliphatic carbocycles. The fourth-order valence-corrected chi connectivity index (χ4v) is 7.29. The largest absolute Gasteiger partial charge is 0.395 e. The van der Waals surface area contributed by atoms with Gasteiger partial charge in [0.2, 0.25) is 5.91 Å². The normalized spacial score (nSPS) is 16.6. The van der Waals surface area contributed by atoms with E-state index in [-0.39, 0.29) is 12.5 Å². The van der Waals surface area contributed by atoms with Crippen molar-refractivity contribution in [2.24, 2.45) is 0 Å². The zero-order valence-corrected chi connectivity index (χ0v) is 24.8. The van der Waals surface area contributed by atoms with Crippen LogP contribution in [0.4, 0.5) is 5.69 Å². The first-order valence-corrected chi connectivity index (χ1v) is 18.2. The Morgan fingerprint density at radius 3 is 2.61 bits per heavy atom. The number of ether oxygens (including phenoxy) is 1. The molecule has 0 saturated heterocycles. The number of carbonyl (C=O) groups excluding carboxylic acids is 1. The number of amides is 1. The summed E-state index contributed by atoms with van der Waals surface area (Å²) in [4.78, 5) is 19.4. The minimum absolute atomic E-state index is 0.0381. The second-order valence-corrected chi connectivity index (χ2v) is 18.0. The summed E-state index contributed by atoms with van der Waals surface area (Å²) < 4.78 is 7.94. The molecule has 2 aliphatic rings. The number of anilines is 1. The molecule has 1 aromatic carbocycles. The number of β-amino-alcohol motifs (C(OH)–C–C–N with tert-alkyl or cyclic N) is 1. The van der Waals surface area contributed by atoms with Gasteiger partial charge in [-0.15, -0.1) is 0 Å². The Kier molecular flexibility index (Phi) is 7.59. The van der Waals surface area contributed by atoms with Gasteiger partial charge in [0.25, 0.3) is 0 Å². The van der Waals surface area contributed by atoms with Crippen molar-refractivity contribution in [3.05, 3.63) is 35.0 Å². The van der Waals surface area contributed by atoms with E-state index in [9.17, 15) is 9.90 Å². The van der Waals surface area contributed by atoms with Crippen LogP contribution in [0.2, 0.25) is 25.7 Å². The van der Waals surface area contributed by atoms with Crippen LogP contribution in [-0.4, -0.2) is 53.6 Å². The van der Waals surface area contributed by atoms with Crippen LogP contribution < -0.4 is 4.90 Å². The van der Waals surface area contributed by atoms with Gasteiger partial charge in [0, 0.05) is 44.0 Å². The van der Waals surface area contributed by atoms with Crippen LogP contribution in [0.5, 0.6) is 0 Å². The molecule has 0 radical (unpaired) electrons. The van der Waals surface area contributed by atoms with Crippen LogP contribution in [0.15, 0.2) is 18.3 Å². The van der Waals surface area contributed by atoms with E-state index in [0.717, 1.165) is 85.8 Å². The predicted octanol–water partition coefficient (Wildman–Crippen LogP) is 6.01. The number of fused-ring (bicyclic) bond motifs is 6. The molecule has 1 amide bonds. The topological polar surface area (TPSA) is 83.4 Å². The predicted molar refractivity (Wildman–Crippen MR) is 157 cm³/mol. The summed E-state index contributed by atoms with van der Waals surface area (Å²) in [5, 5.41) is 16.0. The highest BCUT2D eigenvalue weighted by molar-refractivity contribution is 6.76. The maximum atomic E-state index is 13.8. The standard InChI is InChI=1S/C30H44N4O3Si/c1-6-11-30(12-7-2)24-18-25-23(17-26(24)34(13-14-35)29(30)36)22-10-8-9-21-19-33(32-27(21)28(22)31-25)20-37-15-16-38(3,4)5/h17-19,31,35H,6-16,20H2,1-5H3. The molecule has 5 rings (SSSR count). The van der Waals surface area contributed by atoms with Crippen molar-refractivity contribution in [3.8, 4) is 11.4 Å². The van der Waals surface area contributed by atoms with Crippen molar-refractivity contribution in [1.29, 1.82) is 0 Å². The van der Waals surface area contributed by atoms with Gasteiger partial charge in [-0.05, 0) is 67.0 Å². The van der Waals surface area contributed by atoms with E-state index in [1.807, 2.05) is 9.58 Å². The molecular formula is C30H44N4O3Si. The van der Waals surface area contributed by atoms with E-state index in [4.69, 9.17) is 9.84 Å². The van der Waals surface area contributed by atoms with Crippen LogP contribution in [0.3, 0.4) is 0 Å². The molecule has 0 fully saturated rings. The number of H-pyrrole nitrogens is 1. The SMILES string of the molecule is CCCC1(CCC)C(=O)N(CCO)c2cc3c4c([nH]c3cc21)-c1nn(COCC[Si](C)(C)C)cc1CCC4. The molecule has 2 N–H and O–H groups in total. The average molecular weight is 537 g/mol. The second kappa shape index (κ2) is 10.6. The smallest absolute Gasteiger partial charge is 0.237 e. The van der Waals surface area contributed by atoms with E-state index >= 15 is 0 Å². The molecule has 7 nitrogen and oxygen atoms in total. The number of aryl methyl sites for hydroxylation is 2. The molecule has 1 aliphatic heterocycles. The van der Waals surface area contributed by atoms with Crippen molar-refractivity contribution < 1.29 is 14.6 Å². The molecule has 206 valence electrons. The molecule has 8 heteroatoms. The monoisotopic (exact) mass is 536 g/mol. The maximum absolute atomic E-state index is 13.8. The molecule has 3 heterocycles. The number of aromatic amines is 1. The number of aliphatic hydroxyl groups is 1. The number of benzene rings is 1. The van der Waals surface area contributed by atoms with Gasteiger partial charge in [-0.3, -0.25) is 4.79 Å². The van der Waals surface area contributed by atoms with Crippen LogP contribution >= 0.6 is 0 Å². The van der Waals surface area contributed by atoms with E-state index in [0.29, 0.717) is 13.3 Å². The summed E-state index contributed by atoms with van der Waals surface area (Å²) in [5.41, 5.74) is 7.35. The lowest BCUT2D eigenvalue weighted by Gasteiger charge is -2.28. The molecule has 0 saturated carbocycles. The first kappa shape index (κ1) is 27.2. The van der Waals surface area contributed by atoms with Gasteiger partial charge in [-0.1, -0.05) is 46.3 Å². The Hall–Kier alpha value is -2.42. The van der Waals surface area contributed by atoms with E-state index in [1.165, 1.54) is 16.5 Å². The van der Waals surface area contributed by atoms with Crippen molar-refractivity contribution in [3.63, 3.8) is 0 Å². The number of hydrogen-bond acceptors (Lipinski definition) is 4. The Morgan fingerprint density at radius 1 is 1.16 bits per heavy atom. The number of carbonyl (C=O) groups is 1. The van der Waals surface area contributed by atoms with Gasteiger partial charge in [0.05, 0.1) is 17.7 Å². The summed E-state index contributed by atoms with van der Waals surface area (Å²) in [5.74, 6) is 0.152. The minimum Gasteiger partial charge on any atom is -0.395 e. The highest BCUT2D eigenvalue weighted by Gasteiger charge is 2.49. The lowest BCUT2D eigenvalue weighted by atomic mass is 9.74. The number of hydrogen-bond donors (Lipinski definition) is 2. The van der Waals surface area contributed by atoms with E-state index in [2.05, 4.69) is 56.8 Å². The molecule has 0 atom stereocenters. The highest BCUT2D eigenvalue weighted by atomic mass is 28.3. The van der Waals surface area contributed by atoms with Gasteiger partial charge in [0.1, 0.15) is 12.4 Å². The lowest BCUT2D eigenvalue weighted by molar-refractivity contribution is -0.123. The van der Waals surface area contributed by atoms with Crippen LogP contribution in [-0.2, 0) is 34.5 Å². The number of nitrogens with one attached hydrogen (secondary N) is 1. The van der Waals surface area contributed by atoms with Gasteiger partial charge >= 0.3 is 0 Å². The summed E-state index contributed by atoms with van der Waals surface area (Å²) in [6, 6.07) is 5.59. The maximum Gasteiger partial charge on any atom is 0.237 e.